The predicted octanol–water partition coefficient (Wildman–Crippen LogP) is 3.10. The van der Waals surface area contributed by atoms with Crippen molar-refractivity contribution in [3.63, 3.8) is 0 Å². The molecule has 0 saturated carbocycles. The third-order valence-corrected chi connectivity index (χ3v) is 6.98. The molecule has 0 radical (unpaired) electrons. The van der Waals surface area contributed by atoms with Gasteiger partial charge in [-0.05, 0) is 41.9 Å². The molecule has 2 aliphatic heterocycles. The smallest absolute Gasteiger partial charge is 0.214 e. The Kier molecular flexibility index (Phi) is 6.07. The minimum Gasteiger partial charge on any atom is -0.356 e. The summed E-state index contributed by atoms with van der Waals surface area (Å²) in [5.41, 5.74) is 5.18. The number of primary sulfonamides is 1. The zero-order valence-electron chi connectivity index (χ0n) is 19.0. The van der Waals surface area contributed by atoms with Gasteiger partial charge in [0.25, 0.3) is 0 Å². The van der Waals surface area contributed by atoms with Crippen LogP contribution in [0.3, 0.4) is 0 Å². The first-order valence-electron chi connectivity index (χ1n) is 11.2. The second-order valence-corrected chi connectivity index (χ2v) is 10.4. The lowest BCUT2D eigenvalue weighted by Gasteiger charge is -2.41. The third-order valence-electron chi connectivity index (χ3n) is 6.31. The van der Waals surface area contributed by atoms with E-state index < -0.39 is 10.0 Å². The van der Waals surface area contributed by atoms with E-state index in [9.17, 15) is 8.42 Å². The SMILES string of the molecule is CN1CCN2c3ncccc3Cc3ccccc3C2C1.NS(=O)(=O)Cc1noc2ccccc12. The summed E-state index contributed by atoms with van der Waals surface area (Å²) in [7, 11) is -1.35. The second kappa shape index (κ2) is 9.17. The van der Waals surface area contributed by atoms with Crippen LogP contribution >= 0.6 is 0 Å². The maximum absolute atomic E-state index is 10.8. The van der Waals surface area contributed by atoms with Gasteiger partial charge in [0.2, 0.25) is 10.0 Å². The molecule has 2 aromatic carbocycles. The molecule has 1 fully saturated rings. The number of sulfonamides is 1. The summed E-state index contributed by atoms with van der Waals surface area (Å²) in [5, 5.41) is 9.24. The second-order valence-electron chi connectivity index (χ2n) is 8.77. The number of nitrogens with zero attached hydrogens (tertiary/aromatic N) is 4. The average molecular weight is 478 g/mol. The van der Waals surface area contributed by atoms with Crippen LogP contribution in [0.1, 0.15) is 28.4 Å². The van der Waals surface area contributed by atoms with Gasteiger partial charge in [-0.2, -0.15) is 0 Å². The fourth-order valence-electron chi connectivity index (χ4n) is 4.72. The first kappa shape index (κ1) is 22.5. The normalized spacial score (nSPS) is 17.7. The Balaban J connectivity index is 0.000000152. The molecule has 1 atom stereocenters. The van der Waals surface area contributed by atoms with E-state index in [0.29, 0.717) is 22.7 Å². The summed E-state index contributed by atoms with van der Waals surface area (Å²) >= 11 is 0. The van der Waals surface area contributed by atoms with Gasteiger partial charge >= 0.3 is 0 Å². The molecule has 34 heavy (non-hydrogen) atoms. The van der Waals surface area contributed by atoms with E-state index in [-0.39, 0.29) is 5.75 Å². The maximum Gasteiger partial charge on any atom is 0.214 e. The van der Waals surface area contributed by atoms with Gasteiger partial charge in [-0.1, -0.05) is 47.6 Å². The van der Waals surface area contributed by atoms with Crippen LogP contribution in [0.4, 0.5) is 5.82 Å². The molecule has 176 valence electrons. The monoisotopic (exact) mass is 477 g/mol. The fourth-order valence-corrected chi connectivity index (χ4v) is 5.31. The molecule has 9 heteroatoms. The molecule has 0 bridgehead atoms. The summed E-state index contributed by atoms with van der Waals surface area (Å²) in [6.07, 6.45) is 2.92. The van der Waals surface area contributed by atoms with Gasteiger partial charge < -0.3 is 14.3 Å². The Hall–Kier alpha value is -3.27. The minimum atomic E-state index is -3.56. The van der Waals surface area contributed by atoms with Crippen molar-refractivity contribution in [2.45, 2.75) is 18.2 Å². The van der Waals surface area contributed by atoms with E-state index in [1.54, 1.807) is 24.3 Å². The molecule has 1 saturated heterocycles. The van der Waals surface area contributed by atoms with Crippen molar-refractivity contribution in [2.75, 3.05) is 31.6 Å². The highest BCUT2D eigenvalue weighted by Gasteiger charge is 2.32. The standard InChI is InChI=1S/C17H19N3.C8H8N2O3S/c1-19-9-10-20-16(12-19)15-7-3-2-5-13(15)11-14-6-4-8-18-17(14)20;9-14(11,12)5-7-6-3-1-2-4-8(6)13-10-7/h2-8,16H,9-12H2,1H3;1-4H,5H2,(H2,9,11,12). The third kappa shape index (κ3) is 4.68. The van der Waals surface area contributed by atoms with Gasteiger partial charge in [-0.15, -0.1) is 0 Å². The number of para-hydroxylation sites is 1. The number of aromatic nitrogens is 2. The van der Waals surface area contributed by atoms with Crippen LogP contribution in [0.2, 0.25) is 0 Å². The molecule has 2 N–H and O–H groups in total. The van der Waals surface area contributed by atoms with E-state index in [0.717, 1.165) is 26.1 Å². The summed E-state index contributed by atoms with van der Waals surface area (Å²) < 4.78 is 26.6. The van der Waals surface area contributed by atoms with Crippen molar-refractivity contribution in [3.8, 4) is 0 Å². The molecule has 0 spiro atoms. The lowest BCUT2D eigenvalue weighted by Crippen LogP contribution is -2.47. The molecule has 4 heterocycles. The highest BCUT2D eigenvalue weighted by molar-refractivity contribution is 7.88. The number of rotatable bonds is 2. The number of benzene rings is 2. The maximum atomic E-state index is 10.8. The molecular formula is C25H27N5O3S. The van der Waals surface area contributed by atoms with Crippen molar-refractivity contribution in [3.05, 3.63) is 89.2 Å². The molecule has 2 aliphatic rings. The van der Waals surface area contributed by atoms with Crippen LogP contribution in [0.15, 0.2) is 71.4 Å². The first-order chi connectivity index (χ1) is 16.4. The molecule has 4 aromatic rings. The molecular weight excluding hydrogens is 450 g/mol. The van der Waals surface area contributed by atoms with Gasteiger partial charge in [0, 0.05) is 37.6 Å². The number of pyridine rings is 1. The van der Waals surface area contributed by atoms with Crippen molar-refractivity contribution < 1.29 is 12.9 Å². The van der Waals surface area contributed by atoms with E-state index in [1.807, 2.05) is 6.20 Å². The van der Waals surface area contributed by atoms with Gasteiger partial charge in [-0.25, -0.2) is 18.5 Å². The Bertz CT molecular complexity index is 1420. The predicted molar refractivity (Wildman–Crippen MR) is 132 cm³/mol. The van der Waals surface area contributed by atoms with E-state index >= 15 is 0 Å². The zero-order chi connectivity index (χ0) is 23.7. The van der Waals surface area contributed by atoms with Crippen LogP contribution in [0, 0.1) is 0 Å². The van der Waals surface area contributed by atoms with Crippen LogP contribution in [0.5, 0.6) is 0 Å². The lowest BCUT2D eigenvalue weighted by atomic mass is 9.96. The van der Waals surface area contributed by atoms with E-state index in [2.05, 4.69) is 63.4 Å². The summed E-state index contributed by atoms with van der Waals surface area (Å²) in [4.78, 5) is 9.60. The van der Waals surface area contributed by atoms with Crippen LogP contribution in [-0.4, -0.2) is 50.1 Å². The van der Waals surface area contributed by atoms with Gasteiger partial charge in [0.1, 0.15) is 17.3 Å². The molecule has 0 aliphatic carbocycles. The molecule has 0 amide bonds. The van der Waals surface area contributed by atoms with Gasteiger partial charge in [-0.3, -0.25) is 0 Å². The highest BCUT2D eigenvalue weighted by Crippen LogP contribution is 2.37. The topological polar surface area (TPSA) is 106 Å². The van der Waals surface area contributed by atoms with Crippen molar-refractivity contribution in [1.82, 2.24) is 15.0 Å². The zero-order valence-corrected chi connectivity index (χ0v) is 19.8. The molecule has 6 rings (SSSR count). The van der Waals surface area contributed by atoms with E-state index in [1.165, 1.54) is 22.5 Å². The Morgan fingerprint density at radius 3 is 2.65 bits per heavy atom. The Morgan fingerprint density at radius 1 is 1.03 bits per heavy atom. The number of anilines is 1. The van der Waals surface area contributed by atoms with Crippen LogP contribution in [-0.2, 0) is 22.2 Å². The number of likely N-dealkylation sites (N-methyl/N-ethyl adjacent to an activating group) is 1. The Morgan fingerprint density at radius 2 is 1.79 bits per heavy atom. The molecule has 1 unspecified atom stereocenters. The number of fused-ring (bicyclic) bond motifs is 6. The van der Waals surface area contributed by atoms with Crippen LogP contribution in [0.25, 0.3) is 11.0 Å². The van der Waals surface area contributed by atoms with E-state index in [4.69, 9.17) is 9.66 Å². The summed E-state index contributed by atoms with van der Waals surface area (Å²) in [6.45, 7) is 3.24. The highest BCUT2D eigenvalue weighted by atomic mass is 32.2. The number of nitrogens with two attached hydrogens (primary N) is 1. The lowest BCUT2D eigenvalue weighted by molar-refractivity contribution is 0.268. The number of hydrogen-bond acceptors (Lipinski definition) is 7. The quantitative estimate of drug-likeness (QED) is 0.473. The number of piperazine rings is 1. The molecule has 2 aromatic heterocycles. The molecule has 8 nitrogen and oxygen atoms in total. The van der Waals surface area contributed by atoms with Crippen molar-refractivity contribution in [2.24, 2.45) is 5.14 Å². The largest absolute Gasteiger partial charge is 0.356 e. The first-order valence-corrected chi connectivity index (χ1v) is 12.9. The fraction of sp³-hybridized carbons (Fsp3) is 0.280. The van der Waals surface area contributed by atoms with Crippen molar-refractivity contribution in [1.29, 1.82) is 0 Å². The van der Waals surface area contributed by atoms with Gasteiger partial charge in [0.05, 0.1) is 6.04 Å². The summed E-state index contributed by atoms with van der Waals surface area (Å²) in [5.74, 6) is 0.881. The van der Waals surface area contributed by atoms with Crippen LogP contribution < -0.4 is 10.0 Å². The van der Waals surface area contributed by atoms with Crippen molar-refractivity contribution >= 4 is 26.8 Å². The van der Waals surface area contributed by atoms with Gasteiger partial charge in [0.15, 0.2) is 5.58 Å². The Labute approximate surface area is 199 Å². The minimum absolute atomic E-state index is 0.302. The average Bonchev–Trinajstić information content (AvgIpc) is 3.15. The summed E-state index contributed by atoms with van der Waals surface area (Å²) in [6, 6.07) is 20.6. The number of hydrogen-bond donors (Lipinski definition) is 1.